The van der Waals surface area contributed by atoms with E-state index in [-0.39, 0.29) is 24.3 Å². The number of aromatic nitrogens is 2. The third-order valence-corrected chi connectivity index (χ3v) is 3.50. The van der Waals surface area contributed by atoms with Crippen molar-refractivity contribution in [2.24, 2.45) is 11.7 Å². The fourth-order valence-electron chi connectivity index (χ4n) is 1.87. The maximum Gasteiger partial charge on any atom is 0.226 e. The molecule has 0 radical (unpaired) electrons. The lowest BCUT2D eigenvalue weighted by atomic mass is 10.0. The number of carbonyl (C=O) groups excluding carboxylic acids is 1. The second-order valence-electron chi connectivity index (χ2n) is 5.27. The van der Waals surface area contributed by atoms with Crippen molar-refractivity contribution in [1.82, 2.24) is 9.78 Å². The Hall–Kier alpha value is -1.85. The van der Waals surface area contributed by atoms with Crippen LogP contribution in [0.2, 0.25) is 5.02 Å². The van der Waals surface area contributed by atoms with Gasteiger partial charge in [0.1, 0.15) is 0 Å². The van der Waals surface area contributed by atoms with Crippen LogP contribution in [-0.4, -0.2) is 21.7 Å². The Morgan fingerprint density at radius 2 is 2.24 bits per heavy atom. The third kappa shape index (κ3) is 4.06. The Morgan fingerprint density at radius 3 is 2.86 bits per heavy atom. The normalized spacial score (nSPS) is 12.4. The van der Waals surface area contributed by atoms with E-state index in [1.165, 1.54) is 0 Å². The number of nitrogens with two attached hydrogens (primary N) is 1. The number of hydrogen-bond acceptors (Lipinski definition) is 3. The van der Waals surface area contributed by atoms with Crippen LogP contribution in [0.4, 0.5) is 5.69 Å². The zero-order valence-electron chi connectivity index (χ0n) is 12.1. The van der Waals surface area contributed by atoms with Crippen molar-refractivity contribution >= 4 is 23.2 Å². The highest BCUT2D eigenvalue weighted by atomic mass is 35.5. The van der Waals surface area contributed by atoms with Crippen LogP contribution in [0.25, 0.3) is 5.69 Å². The Morgan fingerprint density at radius 1 is 1.48 bits per heavy atom. The topological polar surface area (TPSA) is 72.9 Å². The van der Waals surface area contributed by atoms with Crippen molar-refractivity contribution in [3.8, 4) is 5.69 Å². The number of anilines is 1. The van der Waals surface area contributed by atoms with Gasteiger partial charge in [0.25, 0.3) is 0 Å². The van der Waals surface area contributed by atoms with Gasteiger partial charge in [0.2, 0.25) is 5.91 Å². The molecule has 0 saturated carbocycles. The number of carbonyl (C=O) groups is 1. The van der Waals surface area contributed by atoms with Crippen LogP contribution in [0, 0.1) is 5.92 Å². The lowest BCUT2D eigenvalue weighted by Gasteiger charge is -2.16. The highest BCUT2D eigenvalue weighted by molar-refractivity contribution is 6.31. The van der Waals surface area contributed by atoms with Gasteiger partial charge in [-0.05, 0) is 30.2 Å². The first-order valence-electron chi connectivity index (χ1n) is 6.82. The smallest absolute Gasteiger partial charge is 0.226 e. The summed E-state index contributed by atoms with van der Waals surface area (Å²) < 4.78 is 1.67. The molecule has 3 N–H and O–H groups in total. The summed E-state index contributed by atoms with van der Waals surface area (Å²) in [5.41, 5.74) is 7.31. The minimum Gasteiger partial charge on any atom is -0.327 e. The van der Waals surface area contributed by atoms with Gasteiger partial charge in [-0.1, -0.05) is 25.4 Å². The summed E-state index contributed by atoms with van der Waals surface area (Å²) in [6, 6.07) is 6.92. The van der Waals surface area contributed by atoms with Crippen molar-refractivity contribution < 1.29 is 4.79 Å². The average Bonchev–Trinajstić information content (AvgIpc) is 2.92. The zero-order valence-corrected chi connectivity index (χ0v) is 12.8. The Bertz CT molecular complexity index is 610. The summed E-state index contributed by atoms with van der Waals surface area (Å²) in [5, 5.41) is 7.58. The Balaban J connectivity index is 2.19. The molecule has 1 atom stereocenters. The molecule has 112 valence electrons. The molecule has 1 amide bonds. The molecule has 0 aliphatic heterocycles. The molecule has 1 unspecified atom stereocenters. The molecule has 0 bridgehead atoms. The summed E-state index contributed by atoms with van der Waals surface area (Å²) in [7, 11) is 0. The molecule has 2 aromatic rings. The molecule has 5 nitrogen and oxygen atoms in total. The molecule has 6 heteroatoms. The number of nitrogens with zero attached hydrogens (tertiary/aromatic N) is 2. The number of nitrogens with one attached hydrogen (secondary N) is 1. The molecule has 0 aliphatic rings. The van der Waals surface area contributed by atoms with Crippen molar-refractivity contribution in [1.29, 1.82) is 0 Å². The highest BCUT2D eigenvalue weighted by Crippen LogP contribution is 2.24. The number of amides is 1. The number of benzene rings is 1. The van der Waals surface area contributed by atoms with E-state index < -0.39 is 0 Å². The van der Waals surface area contributed by atoms with E-state index in [1.54, 1.807) is 29.2 Å². The Kier molecular flexibility index (Phi) is 4.98. The van der Waals surface area contributed by atoms with Crippen molar-refractivity contribution in [2.45, 2.75) is 26.3 Å². The van der Waals surface area contributed by atoms with E-state index in [4.69, 9.17) is 17.3 Å². The van der Waals surface area contributed by atoms with Crippen molar-refractivity contribution in [2.75, 3.05) is 5.32 Å². The summed E-state index contributed by atoms with van der Waals surface area (Å²) in [5.74, 6) is 0.118. The Labute approximate surface area is 129 Å². The van der Waals surface area contributed by atoms with Gasteiger partial charge < -0.3 is 11.1 Å². The average molecular weight is 307 g/mol. The lowest BCUT2D eigenvalue weighted by Crippen LogP contribution is -2.31. The molecule has 2 rings (SSSR count). The highest BCUT2D eigenvalue weighted by Gasteiger charge is 2.15. The van der Waals surface area contributed by atoms with Crippen LogP contribution in [0.15, 0.2) is 36.7 Å². The van der Waals surface area contributed by atoms with Gasteiger partial charge in [-0.25, -0.2) is 4.68 Å². The quantitative estimate of drug-likeness (QED) is 0.892. The molecule has 0 fully saturated rings. The largest absolute Gasteiger partial charge is 0.327 e. The van der Waals surface area contributed by atoms with Crippen LogP contribution in [0.5, 0.6) is 0 Å². The van der Waals surface area contributed by atoms with Gasteiger partial charge in [0.05, 0.1) is 11.4 Å². The standard InChI is InChI=1S/C15H19ClN4O/c1-10(2)12(17)9-15(21)19-13-8-11(16)4-5-14(13)20-7-3-6-18-20/h3-8,10,12H,9,17H2,1-2H3,(H,19,21). The summed E-state index contributed by atoms with van der Waals surface area (Å²) in [6.45, 7) is 3.99. The van der Waals surface area contributed by atoms with Gasteiger partial charge in [-0.15, -0.1) is 0 Å². The third-order valence-electron chi connectivity index (χ3n) is 3.26. The number of halogens is 1. The molecular weight excluding hydrogens is 288 g/mol. The fourth-order valence-corrected chi connectivity index (χ4v) is 2.04. The monoisotopic (exact) mass is 306 g/mol. The van der Waals surface area contributed by atoms with Crippen LogP contribution < -0.4 is 11.1 Å². The van der Waals surface area contributed by atoms with E-state index >= 15 is 0 Å². The van der Waals surface area contributed by atoms with Crippen LogP contribution in [-0.2, 0) is 4.79 Å². The lowest BCUT2D eigenvalue weighted by molar-refractivity contribution is -0.116. The second-order valence-corrected chi connectivity index (χ2v) is 5.71. The van der Waals surface area contributed by atoms with Gasteiger partial charge in [-0.2, -0.15) is 5.10 Å². The maximum absolute atomic E-state index is 12.1. The van der Waals surface area contributed by atoms with E-state index in [1.807, 2.05) is 26.0 Å². The maximum atomic E-state index is 12.1. The minimum absolute atomic E-state index is 0.133. The van der Waals surface area contributed by atoms with E-state index in [9.17, 15) is 4.79 Å². The molecule has 1 aromatic heterocycles. The first kappa shape index (κ1) is 15.5. The van der Waals surface area contributed by atoms with Gasteiger partial charge in [-0.3, -0.25) is 4.79 Å². The summed E-state index contributed by atoms with van der Waals surface area (Å²) in [6.07, 6.45) is 3.75. The molecule has 21 heavy (non-hydrogen) atoms. The first-order valence-corrected chi connectivity index (χ1v) is 7.20. The molecule has 1 heterocycles. The van der Waals surface area contributed by atoms with Crippen molar-refractivity contribution in [3.63, 3.8) is 0 Å². The predicted molar refractivity (Wildman–Crippen MR) is 84.6 cm³/mol. The van der Waals surface area contributed by atoms with Gasteiger partial charge in [0, 0.05) is 29.9 Å². The summed E-state index contributed by atoms with van der Waals surface area (Å²) in [4.78, 5) is 12.1. The zero-order chi connectivity index (χ0) is 15.4. The SMILES string of the molecule is CC(C)C(N)CC(=O)Nc1cc(Cl)ccc1-n1cccn1. The van der Waals surface area contributed by atoms with E-state index in [2.05, 4.69) is 10.4 Å². The van der Waals surface area contributed by atoms with Crippen LogP contribution >= 0.6 is 11.6 Å². The van der Waals surface area contributed by atoms with Crippen LogP contribution in [0.3, 0.4) is 0 Å². The molecule has 0 aliphatic carbocycles. The summed E-state index contributed by atoms with van der Waals surface area (Å²) >= 11 is 6.01. The van der Waals surface area contributed by atoms with Crippen molar-refractivity contribution in [3.05, 3.63) is 41.7 Å². The number of hydrogen-bond donors (Lipinski definition) is 2. The van der Waals surface area contributed by atoms with E-state index in [0.717, 1.165) is 5.69 Å². The van der Waals surface area contributed by atoms with Gasteiger partial charge >= 0.3 is 0 Å². The number of rotatable bonds is 5. The fraction of sp³-hybridized carbons (Fsp3) is 0.333. The first-order chi connectivity index (χ1) is 9.97. The van der Waals surface area contributed by atoms with E-state index in [0.29, 0.717) is 10.7 Å². The van der Waals surface area contributed by atoms with Crippen LogP contribution in [0.1, 0.15) is 20.3 Å². The molecule has 1 aromatic carbocycles. The molecular formula is C15H19ClN4O. The van der Waals surface area contributed by atoms with Gasteiger partial charge in [0.15, 0.2) is 0 Å². The minimum atomic E-state index is -0.169. The molecule has 0 spiro atoms. The second kappa shape index (κ2) is 6.74. The molecule has 0 saturated heterocycles. The predicted octanol–water partition coefficient (Wildman–Crippen LogP) is 2.84.